The van der Waals surface area contributed by atoms with E-state index in [1.54, 1.807) is 0 Å². The minimum Gasteiger partial charge on any atom is -0.480 e. The third kappa shape index (κ3) is 15.6. The van der Waals surface area contributed by atoms with Crippen LogP contribution in [0.2, 0.25) is 0 Å². The van der Waals surface area contributed by atoms with Crippen LogP contribution in [0.1, 0.15) is 19.3 Å². The smallest absolute Gasteiger partial charge is 0.320 e. The summed E-state index contributed by atoms with van der Waals surface area (Å²) in [5.41, 5.74) is 15.0. The molecule has 0 unspecified atom stereocenters. The Morgan fingerprint density at radius 1 is 1.13 bits per heavy atom. The highest BCUT2D eigenvalue weighted by molar-refractivity contribution is 5.72. The molecule has 0 saturated heterocycles. The molecule has 8 N–H and O–H groups in total. The predicted molar refractivity (Wildman–Crippen MR) is 55.2 cm³/mol. The first-order valence-electron chi connectivity index (χ1n) is 4.56. The molecular weight excluding hydrogens is 202 g/mol. The topological polar surface area (TPSA) is 153 Å². The number of carbonyl (C=O) groups is 2. The zero-order chi connectivity index (χ0) is 12.3. The van der Waals surface area contributed by atoms with Crippen molar-refractivity contribution in [3.05, 3.63) is 0 Å². The van der Waals surface area contributed by atoms with Gasteiger partial charge in [-0.2, -0.15) is 0 Å². The Labute approximate surface area is 88.2 Å². The van der Waals surface area contributed by atoms with Crippen molar-refractivity contribution in [2.24, 2.45) is 17.2 Å². The highest BCUT2D eigenvalue weighted by atomic mass is 16.4. The third-order valence-electron chi connectivity index (χ3n) is 1.46. The molecule has 0 saturated carbocycles. The molecule has 0 aliphatic heterocycles. The molecule has 1 atom stereocenters. The van der Waals surface area contributed by atoms with Crippen LogP contribution >= 0.6 is 0 Å². The Kier molecular flexibility index (Phi) is 11.8. The van der Waals surface area contributed by atoms with Crippen molar-refractivity contribution in [3.63, 3.8) is 0 Å². The Bertz CT molecular complexity index is 187. The number of carboxylic acid groups (broad SMARTS) is 2. The van der Waals surface area contributed by atoms with E-state index in [0.717, 1.165) is 12.8 Å². The molecule has 0 amide bonds. The molecule has 0 heterocycles. The van der Waals surface area contributed by atoms with E-state index in [4.69, 9.17) is 21.7 Å². The standard InChI is InChI=1S/C6H14N2O2.C2H5NO2/c7-4-2-1-3-5(8)6(9)10;3-1-2(4)5/h5H,1-4,7-8H2,(H,9,10);1,3H2,(H,4,5)/t5-;/m1./s1. The summed E-state index contributed by atoms with van der Waals surface area (Å²) in [5.74, 6) is -1.90. The van der Waals surface area contributed by atoms with Gasteiger partial charge in [-0.25, -0.2) is 0 Å². The van der Waals surface area contributed by atoms with Crippen LogP contribution in [0, 0.1) is 0 Å². The van der Waals surface area contributed by atoms with Crippen LogP contribution in [0.25, 0.3) is 0 Å². The lowest BCUT2D eigenvalue weighted by Gasteiger charge is -2.03. The number of hydrogen-bond acceptors (Lipinski definition) is 5. The maximum atomic E-state index is 10.1. The largest absolute Gasteiger partial charge is 0.480 e. The number of nitrogens with two attached hydrogens (primary N) is 3. The number of carboxylic acids is 2. The van der Waals surface area contributed by atoms with Gasteiger partial charge in [0.25, 0.3) is 0 Å². The zero-order valence-corrected chi connectivity index (χ0v) is 8.56. The van der Waals surface area contributed by atoms with Gasteiger partial charge in [-0.05, 0) is 19.4 Å². The molecular formula is C8H19N3O4. The van der Waals surface area contributed by atoms with E-state index in [1.807, 2.05) is 0 Å². The average molecular weight is 221 g/mol. The second-order valence-electron chi connectivity index (χ2n) is 2.83. The van der Waals surface area contributed by atoms with Crippen molar-refractivity contribution in [1.82, 2.24) is 0 Å². The van der Waals surface area contributed by atoms with Crippen LogP contribution in [0.5, 0.6) is 0 Å². The van der Waals surface area contributed by atoms with E-state index >= 15 is 0 Å². The first-order chi connectivity index (χ1) is 6.95. The zero-order valence-electron chi connectivity index (χ0n) is 8.56. The number of aliphatic carboxylic acids is 2. The molecule has 0 aromatic heterocycles. The van der Waals surface area contributed by atoms with Gasteiger partial charge in [0.15, 0.2) is 0 Å². The molecule has 7 nitrogen and oxygen atoms in total. The van der Waals surface area contributed by atoms with Gasteiger partial charge in [0.1, 0.15) is 6.04 Å². The normalized spacial score (nSPS) is 11.1. The summed E-state index contributed by atoms with van der Waals surface area (Å²) in [7, 11) is 0. The lowest BCUT2D eigenvalue weighted by molar-refractivity contribution is -0.138. The summed E-state index contributed by atoms with van der Waals surface area (Å²) < 4.78 is 0. The van der Waals surface area contributed by atoms with Gasteiger partial charge in [0.05, 0.1) is 6.54 Å². The fraction of sp³-hybridized carbons (Fsp3) is 0.750. The van der Waals surface area contributed by atoms with Gasteiger partial charge in [-0.3, -0.25) is 9.59 Å². The summed E-state index contributed by atoms with van der Waals surface area (Å²) in [6.45, 7) is 0.326. The minimum atomic E-state index is -0.968. The SMILES string of the molecule is NCC(=O)O.NCCCC[C@@H](N)C(=O)O. The maximum absolute atomic E-state index is 10.1. The van der Waals surface area contributed by atoms with Crippen LogP contribution < -0.4 is 17.2 Å². The molecule has 0 bridgehead atoms. The highest BCUT2D eigenvalue weighted by Gasteiger charge is 2.09. The summed E-state index contributed by atoms with van der Waals surface area (Å²) in [6, 6.07) is -0.716. The summed E-state index contributed by atoms with van der Waals surface area (Å²) in [6.07, 6.45) is 2.16. The Balaban J connectivity index is 0. The van der Waals surface area contributed by atoms with Gasteiger partial charge in [-0.1, -0.05) is 6.42 Å². The number of hydrogen-bond donors (Lipinski definition) is 5. The number of rotatable bonds is 6. The monoisotopic (exact) mass is 221 g/mol. The fourth-order valence-electron chi connectivity index (χ4n) is 0.632. The molecule has 15 heavy (non-hydrogen) atoms. The van der Waals surface area contributed by atoms with E-state index < -0.39 is 18.0 Å². The summed E-state index contributed by atoms with van der Waals surface area (Å²) in [5, 5.41) is 15.9. The van der Waals surface area contributed by atoms with Gasteiger partial charge in [0, 0.05) is 0 Å². The average Bonchev–Trinajstić information content (AvgIpc) is 2.18. The predicted octanol–water partition coefficient (Wildman–Crippen LogP) is -1.44. The van der Waals surface area contributed by atoms with E-state index in [2.05, 4.69) is 5.73 Å². The molecule has 0 radical (unpaired) electrons. The van der Waals surface area contributed by atoms with E-state index in [9.17, 15) is 9.59 Å². The van der Waals surface area contributed by atoms with Gasteiger partial charge >= 0.3 is 11.9 Å². The molecule has 0 aliphatic carbocycles. The second kappa shape index (κ2) is 10.9. The van der Waals surface area contributed by atoms with Crippen LogP contribution in [0.3, 0.4) is 0 Å². The first-order valence-corrected chi connectivity index (χ1v) is 4.56. The van der Waals surface area contributed by atoms with Crippen molar-refractivity contribution < 1.29 is 19.8 Å². The highest BCUT2D eigenvalue weighted by Crippen LogP contribution is 1.96. The Morgan fingerprint density at radius 2 is 1.60 bits per heavy atom. The Hall–Kier alpha value is -1.18. The van der Waals surface area contributed by atoms with Crippen LogP contribution in [-0.4, -0.2) is 41.3 Å². The quantitative estimate of drug-likeness (QED) is 0.344. The van der Waals surface area contributed by atoms with Crippen molar-refractivity contribution in [1.29, 1.82) is 0 Å². The summed E-state index contributed by atoms with van der Waals surface area (Å²) in [4.78, 5) is 19.4. The van der Waals surface area contributed by atoms with Gasteiger partial charge in [0.2, 0.25) is 0 Å². The molecule has 0 rings (SSSR count). The molecule has 90 valence electrons. The fourth-order valence-corrected chi connectivity index (χ4v) is 0.632. The lowest BCUT2D eigenvalue weighted by Crippen LogP contribution is -2.29. The molecule has 0 aromatic rings. The molecule has 7 heteroatoms. The second-order valence-corrected chi connectivity index (χ2v) is 2.83. The lowest BCUT2D eigenvalue weighted by atomic mass is 10.1. The Morgan fingerprint density at radius 3 is 1.87 bits per heavy atom. The van der Waals surface area contributed by atoms with Gasteiger partial charge in [-0.15, -0.1) is 0 Å². The molecule has 0 aromatic carbocycles. The number of unbranched alkanes of at least 4 members (excludes halogenated alkanes) is 1. The van der Waals surface area contributed by atoms with Crippen molar-refractivity contribution in [2.45, 2.75) is 25.3 Å². The minimum absolute atomic E-state index is 0.278. The molecule has 0 aliphatic rings. The van der Waals surface area contributed by atoms with Crippen LogP contribution in [0.15, 0.2) is 0 Å². The summed E-state index contributed by atoms with van der Waals surface area (Å²) >= 11 is 0. The van der Waals surface area contributed by atoms with Crippen molar-refractivity contribution >= 4 is 11.9 Å². The van der Waals surface area contributed by atoms with Crippen molar-refractivity contribution in [3.8, 4) is 0 Å². The van der Waals surface area contributed by atoms with E-state index in [-0.39, 0.29) is 6.54 Å². The van der Waals surface area contributed by atoms with Crippen molar-refractivity contribution in [2.75, 3.05) is 13.1 Å². The van der Waals surface area contributed by atoms with Crippen LogP contribution in [-0.2, 0) is 9.59 Å². The van der Waals surface area contributed by atoms with E-state index in [0.29, 0.717) is 13.0 Å². The molecule has 0 spiro atoms. The first kappa shape index (κ1) is 16.3. The van der Waals surface area contributed by atoms with Crippen LogP contribution in [0.4, 0.5) is 0 Å². The van der Waals surface area contributed by atoms with E-state index in [1.165, 1.54) is 0 Å². The maximum Gasteiger partial charge on any atom is 0.320 e. The molecule has 0 fully saturated rings. The van der Waals surface area contributed by atoms with Gasteiger partial charge < -0.3 is 27.4 Å². The third-order valence-corrected chi connectivity index (χ3v) is 1.46.